The van der Waals surface area contributed by atoms with Crippen LogP contribution >= 0.6 is 15.9 Å². The van der Waals surface area contributed by atoms with Gasteiger partial charge < -0.3 is 16.2 Å². The molecule has 1 rings (SSSR count). The molecule has 0 heterocycles. The minimum atomic E-state index is -0.495. The topological polar surface area (TPSA) is 58.3 Å². The van der Waals surface area contributed by atoms with Crippen molar-refractivity contribution in [1.82, 2.24) is 5.32 Å². The van der Waals surface area contributed by atoms with Crippen molar-refractivity contribution in [2.45, 2.75) is 13.0 Å². The van der Waals surface area contributed by atoms with Crippen molar-refractivity contribution in [3.05, 3.63) is 28.2 Å². The summed E-state index contributed by atoms with van der Waals surface area (Å²) in [4.78, 5) is 0. The van der Waals surface area contributed by atoms with Gasteiger partial charge in [0.15, 0.2) is 0 Å². The molecule has 78 valence electrons. The van der Waals surface area contributed by atoms with Crippen molar-refractivity contribution >= 4 is 21.6 Å². The van der Waals surface area contributed by atoms with Gasteiger partial charge in [0, 0.05) is 16.7 Å². The molecule has 0 aliphatic carbocycles. The molecule has 4 N–H and O–H groups in total. The molecule has 0 saturated heterocycles. The molecule has 1 aromatic rings. The molecule has 3 nitrogen and oxygen atoms in total. The third-order valence-corrected chi connectivity index (χ3v) is 2.71. The maximum atomic E-state index is 9.73. The van der Waals surface area contributed by atoms with Gasteiger partial charge in [0.2, 0.25) is 0 Å². The van der Waals surface area contributed by atoms with Crippen molar-refractivity contribution in [3.63, 3.8) is 0 Å². The molecular formula is C10H15BrN2O. The highest BCUT2D eigenvalue weighted by Gasteiger charge is 2.07. The van der Waals surface area contributed by atoms with Gasteiger partial charge in [0.05, 0.1) is 6.10 Å². The monoisotopic (exact) mass is 258 g/mol. The van der Waals surface area contributed by atoms with E-state index in [0.717, 1.165) is 16.6 Å². The fraction of sp³-hybridized carbons (Fsp3) is 0.400. The van der Waals surface area contributed by atoms with Crippen LogP contribution in [0.2, 0.25) is 0 Å². The Kier molecular flexibility index (Phi) is 4.38. The summed E-state index contributed by atoms with van der Waals surface area (Å²) < 4.78 is 0.858. The van der Waals surface area contributed by atoms with E-state index < -0.39 is 6.10 Å². The molecule has 4 heteroatoms. The van der Waals surface area contributed by atoms with Crippen LogP contribution in [0.1, 0.15) is 18.6 Å². The van der Waals surface area contributed by atoms with Crippen LogP contribution in [0.3, 0.4) is 0 Å². The van der Waals surface area contributed by atoms with Crippen molar-refractivity contribution in [2.75, 3.05) is 18.8 Å². The number of nitrogens with two attached hydrogens (primary N) is 1. The minimum absolute atomic E-state index is 0.495. The third-order valence-electron chi connectivity index (χ3n) is 1.99. The quantitative estimate of drug-likeness (QED) is 0.721. The van der Waals surface area contributed by atoms with Crippen molar-refractivity contribution in [2.24, 2.45) is 0 Å². The zero-order chi connectivity index (χ0) is 10.6. The van der Waals surface area contributed by atoms with Crippen LogP contribution in [0, 0.1) is 0 Å². The molecule has 0 fully saturated rings. The number of nitrogens with one attached hydrogen (secondary N) is 1. The Morgan fingerprint density at radius 3 is 2.86 bits per heavy atom. The van der Waals surface area contributed by atoms with Crippen LogP contribution in [0.15, 0.2) is 22.7 Å². The number of anilines is 1. The highest BCUT2D eigenvalue weighted by Crippen LogP contribution is 2.23. The predicted octanol–water partition coefficient (Wildman–Crippen LogP) is 1.67. The number of rotatable bonds is 4. The Morgan fingerprint density at radius 1 is 1.57 bits per heavy atom. The second-order valence-corrected chi connectivity index (χ2v) is 3.96. The van der Waals surface area contributed by atoms with Gasteiger partial charge in [0.1, 0.15) is 0 Å². The van der Waals surface area contributed by atoms with Gasteiger partial charge in [-0.3, -0.25) is 0 Å². The van der Waals surface area contributed by atoms with Crippen LogP contribution < -0.4 is 11.1 Å². The van der Waals surface area contributed by atoms with Gasteiger partial charge >= 0.3 is 0 Å². The highest BCUT2D eigenvalue weighted by atomic mass is 79.9. The van der Waals surface area contributed by atoms with Gasteiger partial charge in [-0.05, 0) is 40.2 Å². The average molecular weight is 259 g/mol. The van der Waals surface area contributed by atoms with E-state index in [0.29, 0.717) is 12.2 Å². The van der Waals surface area contributed by atoms with Crippen molar-refractivity contribution < 1.29 is 5.11 Å². The zero-order valence-corrected chi connectivity index (χ0v) is 9.71. The summed E-state index contributed by atoms with van der Waals surface area (Å²) in [6.45, 7) is 3.41. The Bertz CT molecular complexity index is 304. The van der Waals surface area contributed by atoms with Gasteiger partial charge in [-0.25, -0.2) is 0 Å². The first kappa shape index (κ1) is 11.5. The molecule has 1 unspecified atom stereocenters. The summed E-state index contributed by atoms with van der Waals surface area (Å²) >= 11 is 3.31. The molecule has 0 saturated carbocycles. The summed E-state index contributed by atoms with van der Waals surface area (Å²) in [5.41, 5.74) is 7.20. The predicted molar refractivity (Wildman–Crippen MR) is 62.1 cm³/mol. The number of aliphatic hydroxyl groups is 1. The van der Waals surface area contributed by atoms with Crippen LogP contribution in [-0.2, 0) is 0 Å². The second kappa shape index (κ2) is 5.34. The SMILES string of the molecule is CCNCC(O)c1ccc(Br)c(N)c1. The van der Waals surface area contributed by atoms with E-state index in [4.69, 9.17) is 5.73 Å². The van der Waals surface area contributed by atoms with E-state index in [2.05, 4.69) is 21.2 Å². The molecule has 14 heavy (non-hydrogen) atoms. The van der Waals surface area contributed by atoms with Crippen LogP contribution in [0.4, 0.5) is 5.69 Å². The smallest absolute Gasteiger partial charge is 0.0915 e. The van der Waals surface area contributed by atoms with Crippen LogP contribution in [0.25, 0.3) is 0 Å². The first-order valence-electron chi connectivity index (χ1n) is 4.59. The van der Waals surface area contributed by atoms with Gasteiger partial charge in [-0.1, -0.05) is 13.0 Å². The third kappa shape index (κ3) is 2.97. The van der Waals surface area contributed by atoms with Crippen molar-refractivity contribution in [3.8, 4) is 0 Å². The lowest BCUT2D eigenvalue weighted by molar-refractivity contribution is 0.175. The largest absolute Gasteiger partial charge is 0.398 e. The van der Waals surface area contributed by atoms with Gasteiger partial charge in [-0.15, -0.1) is 0 Å². The number of halogens is 1. The molecule has 0 radical (unpaired) electrons. The van der Waals surface area contributed by atoms with Crippen LogP contribution in [0.5, 0.6) is 0 Å². The fourth-order valence-corrected chi connectivity index (χ4v) is 1.42. The molecule has 1 aromatic carbocycles. The lowest BCUT2D eigenvalue weighted by Crippen LogP contribution is -2.20. The Balaban J connectivity index is 2.70. The van der Waals surface area contributed by atoms with E-state index in [9.17, 15) is 5.11 Å². The molecule has 0 aromatic heterocycles. The molecule has 0 aliphatic rings. The number of nitrogen functional groups attached to an aromatic ring is 1. The summed E-state index contributed by atoms with van der Waals surface area (Å²) in [5, 5.41) is 12.8. The molecule has 1 atom stereocenters. The lowest BCUT2D eigenvalue weighted by atomic mass is 10.1. The van der Waals surface area contributed by atoms with E-state index >= 15 is 0 Å². The summed E-state index contributed by atoms with van der Waals surface area (Å²) in [6.07, 6.45) is -0.495. The zero-order valence-electron chi connectivity index (χ0n) is 8.13. The van der Waals surface area contributed by atoms with E-state index in [1.165, 1.54) is 0 Å². The summed E-state index contributed by atoms with van der Waals surface area (Å²) in [5.74, 6) is 0. The highest BCUT2D eigenvalue weighted by molar-refractivity contribution is 9.10. The van der Waals surface area contributed by atoms with E-state index in [1.807, 2.05) is 19.1 Å². The van der Waals surface area contributed by atoms with Crippen LogP contribution in [-0.4, -0.2) is 18.2 Å². The molecule has 0 bridgehead atoms. The minimum Gasteiger partial charge on any atom is -0.398 e. The number of benzene rings is 1. The summed E-state index contributed by atoms with van der Waals surface area (Å²) in [6, 6.07) is 5.49. The Morgan fingerprint density at radius 2 is 2.29 bits per heavy atom. The average Bonchev–Trinajstić information content (AvgIpc) is 2.18. The first-order valence-corrected chi connectivity index (χ1v) is 5.38. The lowest BCUT2D eigenvalue weighted by Gasteiger charge is -2.12. The Hall–Kier alpha value is -0.580. The normalized spacial score (nSPS) is 12.8. The van der Waals surface area contributed by atoms with Gasteiger partial charge in [-0.2, -0.15) is 0 Å². The maximum absolute atomic E-state index is 9.73. The fourth-order valence-electron chi connectivity index (χ4n) is 1.17. The number of hydrogen-bond donors (Lipinski definition) is 3. The number of aliphatic hydroxyl groups excluding tert-OH is 1. The molecule has 0 amide bonds. The Labute approximate surface area is 92.4 Å². The second-order valence-electron chi connectivity index (χ2n) is 3.10. The molecule has 0 aliphatic heterocycles. The molecule has 0 spiro atoms. The summed E-state index contributed by atoms with van der Waals surface area (Å²) in [7, 11) is 0. The van der Waals surface area contributed by atoms with E-state index in [1.54, 1.807) is 6.07 Å². The first-order chi connectivity index (χ1) is 6.65. The molecular weight excluding hydrogens is 244 g/mol. The van der Waals surface area contributed by atoms with Gasteiger partial charge in [0.25, 0.3) is 0 Å². The maximum Gasteiger partial charge on any atom is 0.0915 e. The number of hydrogen-bond acceptors (Lipinski definition) is 3. The van der Waals surface area contributed by atoms with E-state index in [-0.39, 0.29) is 0 Å². The standard InChI is InChI=1S/C10H15BrN2O/c1-2-13-6-10(14)7-3-4-8(11)9(12)5-7/h3-5,10,13-14H,2,6,12H2,1H3. The number of likely N-dealkylation sites (N-methyl/N-ethyl adjacent to an activating group) is 1. The van der Waals surface area contributed by atoms with Crippen molar-refractivity contribution in [1.29, 1.82) is 0 Å².